The minimum Gasteiger partial charge on any atom is -0.497 e. The number of likely N-dealkylation sites (N-methyl/N-ethyl adjacent to an activating group) is 1. The zero-order valence-corrected chi connectivity index (χ0v) is 19.2. The van der Waals surface area contributed by atoms with Crippen molar-refractivity contribution in [3.63, 3.8) is 0 Å². The number of alkyl halides is 3. The van der Waals surface area contributed by atoms with Crippen molar-refractivity contribution >= 4 is 11.6 Å². The number of hydrogen-bond donors (Lipinski definition) is 0. The van der Waals surface area contributed by atoms with Gasteiger partial charge in [-0.1, -0.05) is 26.0 Å². The Hall–Kier alpha value is -2.54. The number of ether oxygens (including phenoxy) is 1. The van der Waals surface area contributed by atoms with Gasteiger partial charge >= 0.3 is 6.18 Å². The molecule has 174 valence electrons. The smallest absolute Gasteiger partial charge is 0.416 e. The Morgan fingerprint density at radius 1 is 1.12 bits per heavy atom. The molecule has 0 aromatic heterocycles. The summed E-state index contributed by atoms with van der Waals surface area (Å²) in [7, 11) is 5.41. The molecule has 0 spiro atoms. The van der Waals surface area contributed by atoms with Crippen LogP contribution in [0.5, 0.6) is 5.75 Å². The molecule has 3 rings (SSSR count). The van der Waals surface area contributed by atoms with Crippen molar-refractivity contribution in [2.24, 2.45) is 11.8 Å². The van der Waals surface area contributed by atoms with Crippen molar-refractivity contribution in [2.75, 3.05) is 39.2 Å². The monoisotopic (exact) mass is 448 g/mol. The lowest BCUT2D eigenvalue weighted by atomic mass is 9.76. The van der Waals surface area contributed by atoms with Crippen molar-refractivity contribution in [3.8, 4) is 5.75 Å². The highest BCUT2D eigenvalue weighted by Gasteiger charge is 2.40. The van der Waals surface area contributed by atoms with Crippen LogP contribution in [-0.4, -0.2) is 45.1 Å². The SMILES string of the molecule is COc1ccc([C@@H]2Cc3cc(C(F)(F)F)ccc3N(CCN(C)C)C(=O)[C@@H]2C(C)C)cc1. The third-order valence-electron chi connectivity index (χ3n) is 6.16. The minimum absolute atomic E-state index is 0.0212. The summed E-state index contributed by atoms with van der Waals surface area (Å²) in [5.41, 5.74) is 1.37. The highest BCUT2D eigenvalue weighted by molar-refractivity contribution is 5.97. The molecule has 2 aromatic rings. The number of anilines is 1. The lowest BCUT2D eigenvalue weighted by Crippen LogP contribution is -2.42. The van der Waals surface area contributed by atoms with Crippen molar-refractivity contribution in [3.05, 3.63) is 59.2 Å². The van der Waals surface area contributed by atoms with E-state index in [4.69, 9.17) is 4.74 Å². The lowest BCUT2D eigenvalue weighted by Gasteiger charge is -2.31. The zero-order chi connectivity index (χ0) is 23.6. The van der Waals surface area contributed by atoms with Gasteiger partial charge in [-0.25, -0.2) is 0 Å². The highest BCUT2D eigenvalue weighted by atomic mass is 19.4. The first-order chi connectivity index (χ1) is 15.0. The summed E-state index contributed by atoms with van der Waals surface area (Å²) in [5.74, 6) is 0.0866. The van der Waals surface area contributed by atoms with Gasteiger partial charge < -0.3 is 14.5 Å². The Bertz CT molecular complexity index is 939. The molecule has 1 aliphatic rings. The molecule has 1 amide bonds. The number of amides is 1. The Balaban J connectivity index is 2.15. The van der Waals surface area contributed by atoms with Crippen LogP contribution in [0.15, 0.2) is 42.5 Å². The first-order valence-corrected chi connectivity index (χ1v) is 10.8. The lowest BCUT2D eigenvalue weighted by molar-refractivity contribution is -0.137. The number of benzene rings is 2. The molecule has 0 unspecified atom stereocenters. The average Bonchev–Trinajstić information content (AvgIpc) is 2.85. The van der Waals surface area contributed by atoms with E-state index in [0.717, 1.165) is 11.6 Å². The van der Waals surface area contributed by atoms with Gasteiger partial charge in [0.05, 0.1) is 12.7 Å². The molecule has 0 aliphatic carbocycles. The van der Waals surface area contributed by atoms with Crippen LogP contribution in [0.1, 0.15) is 36.5 Å². The molecule has 0 radical (unpaired) electrons. The highest BCUT2D eigenvalue weighted by Crippen LogP contribution is 2.43. The van der Waals surface area contributed by atoms with E-state index in [0.29, 0.717) is 36.5 Å². The van der Waals surface area contributed by atoms with Gasteiger partial charge in [0.15, 0.2) is 0 Å². The van der Waals surface area contributed by atoms with Gasteiger partial charge in [0.2, 0.25) is 5.91 Å². The molecule has 0 saturated heterocycles. The van der Waals surface area contributed by atoms with E-state index in [1.54, 1.807) is 12.0 Å². The number of carbonyl (C=O) groups is 1. The summed E-state index contributed by atoms with van der Waals surface area (Å²) in [6.45, 7) is 5.04. The summed E-state index contributed by atoms with van der Waals surface area (Å²) in [6, 6.07) is 11.2. The molecule has 4 nitrogen and oxygen atoms in total. The van der Waals surface area contributed by atoms with E-state index in [2.05, 4.69) is 0 Å². The Morgan fingerprint density at radius 2 is 1.78 bits per heavy atom. The Labute approximate surface area is 188 Å². The molecular weight excluding hydrogens is 417 g/mol. The standard InChI is InChI=1S/C25H31F3N2O2/c1-16(2)23-21(17-6-9-20(32-5)10-7-17)15-18-14-19(25(26,27)28)8-11-22(18)30(24(23)31)13-12-29(3)4/h6-11,14,16,21,23H,12-13,15H2,1-5H3/t21-,23+/m0/s1. The van der Waals surface area contributed by atoms with Crippen LogP contribution in [0.2, 0.25) is 0 Å². The number of nitrogens with zero attached hydrogens (tertiary/aromatic N) is 2. The summed E-state index contributed by atoms with van der Waals surface area (Å²) < 4.78 is 45.7. The summed E-state index contributed by atoms with van der Waals surface area (Å²) in [5, 5.41) is 0. The Morgan fingerprint density at radius 3 is 2.31 bits per heavy atom. The number of fused-ring (bicyclic) bond motifs is 1. The van der Waals surface area contributed by atoms with Crippen molar-refractivity contribution in [1.82, 2.24) is 4.90 Å². The first kappa shape index (κ1) is 24.1. The first-order valence-electron chi connectivity index (χ1n) is 10.8. The predicted octanol–water partition coefficient (Wildman–Crippen LogP) is 5.22. The quantitative estimate of drug-likeness (QED) is 0.607. The van der Waals surface area contributed by atoms with Crippen LogP contribution in [0.3, 0.4) is 0 Å². The molecule has 1 heterocycles. The molecule has 0 saturated carbocycles. The molecule has 0 bridgehead atoms. The topological polar surface area (TPSA) is 32.8 Å². The maximum atomic E-state index is 13.8. The normalized spacial score (nSPS) is 19.3. The molecule has 0 N–H and O–H groups in total. The summed E-state index contributed by atoms with van der Waals surface area (Å²) >= 11 is 0. The molecule has 7 heteroatoms. The van der Waals surface area contributed by atoms with Crippen molar-refractivity contribution in [2.45, 2.75) is 32.4 Å². The van der Waals surface area contributed by atoms with Gasteiger partial charge in [-0.05, 0) is 73.8 Å². The summed E-state index contributed by atoms with van der Waals surface area (Å²) in [6.07, 6.45) is -4.08. The maximum absolute atomic E-state index is 13.8. The van der Waals surface area contributed by atoms with E-state index in [-0.39, 0.29) is 23.7 Å². The van der Waals surface area contributed by atoms with E-state index < -0.39 is 11.7 Å². The van der Waals surface area contributed by atoms with Gasteiger partial charge in [0, 0.05) is 24.7 Å². The van der Waals surface area contributed by atoms with Crippen LogP contribution in [0, 0.1) is 11.8 Å². The molecule has 0 fully saturated rings. The zero-order valence-electron chi connectivity index (χ0n) is 19.2. The second-order valence-electron chi connectivity index (χ2n) is 8.99. The third-order valence-corrected chi connectivity index (χ3v) is 6.16. The summed E-state index contributed by atoms with van der Waals surface area (Å²) in [4.78, 5) is 17.5. The van der Waals surface area contributed by atoms with Gasteiger partial charge in [-0.3, -0.25) is 4.79 Å². The second kappa shape index (κ2) is 9.53. The second-order valence-corrected chi connectivity index (χ2v) is 8.99. The number of rotatable bonds is 6. The third kappa shape index (κ3) is 5.09. The minimum atomic E-state index is -4.44. The number of hydrogen-bond acceptors (Lipinski definition) is 3. The van der Waals surface area contributed by atoms with Gasteiger partial charge in [-0.15, -0.1) is 0 Å². The molecular formula is C25H31F3N2O2. The number of halogens is 3. The largest absolute Gasteiger partial charge is 0.497 e. The predicted molar refractivity (Wildman–Crippen MR) is 120 cm³/mol. The molecule has 1 aliphatic heterocycles. The van der Waals surface area contributed by atoms with Crippen LogP contribution in [0.25, 0.3) is 0 Å². The van der Waals surface area contributed by atoms with Crippen molar-refractivity contribution in [1.29, 1.82) is 0 Å². The fourth-order valence-electron chi connectivity index (χ4n) is 4.48. The van der Waals surface area contributed by atoms with Gasteiger partial charge in [0.25, 0.3) is 0 Å². The van der Waals surface area contributed by atoms with Gasteiger partial charge in [-0.2, -0.15) is 13.2 Å². The fourth-order valence-corrected chi connectivity index (χ4v) is 4.48. The van der Waals surface area contributed by atoms with E-state index >= 15 is 0 Å². The average molecular weight is 449 g/mol. The van der Waals surface area contributed by atoms with Crippen LogP contribution in [-0.2, 0) is 17.4 Å². The molecule has 2 atom stereocenters. The number of carbonyl (C=O) groups excluding carboxylic acids is 1. The van der Waals surface area contributed by atoms with Crippen LogP contribution in [0.4, 0.5) is 18.9 Å². The van der Waals surface area contributed by atoms with Crippen LogP contribution >= 0.6 is 0 Å². The van der Waals surface area contributed by atoms with E-state index in [1.807, 2.05) is 57.1 Å². The van der Waals surface area contributed by atoms with Crippen molar-refractivity contribution < 1.29 is 22.7 Å². The van der Waals surface area contributed by atoms with Crippen LogP contribution < -0.4 is 9.64 Å². The van der Waals surface area contributed by atoms with E-state index in [1.165, 1.54) is 12.1 Å². The maximum Gasteiger partial charge on any atom is 0.416 e. The molecule has 32 heavy (non-hydrogen) atoms. The van der Waals surface area contributed by atoms with Gasteiger partial charge in [0.1, 0.15) is 5.75 Å². The number of methoxy groups -OCH3 is 1. The molecule has 2 aromatic carbocycles. The van der Waals surface area contributed by atoms with E-state index in [9.17, 15) is 18.0 Å². The fraction of sp³-hybridized carbons (Fsp3) is 0.480. The Kier molecular flexibility index (Phi) is 7.18.